The molecule has 1 rings (SSSR count). The minimum Gasteiger partial charge on any atom is -0.496 e. The maximum Gasteiger partial charge on any atom is 0.180 e. The molecule has 100 valence electrons. The number of carbonyl (C=O) groups is 1. The van der Waals surface area contributed by atoms with Crippen LogP contribution in [0.4, 0.5) is 0 Å². The third kappa shape index (κ3) is 3.10. The van der Waals surface area contributed by atoms with Gasteiger partial charge in [-0.05, 0) is 31.0 Å². The van der Waals surface area contributed by atoms with Gasteiger partial charge >= 0.3 is 0 Å². The van der Waals surface area contributed by atoms with Crippen molar-refractivity contribution in [2.24, 2.45) is 0 Å². The van der Waals surface area contributed by atoms with E-state index in [-0.39, 0.29) is 11.2 Å². The number of carbonyl (C=O) groups excluding carboxylic acids is 1. The van der Waals surface area contributed by atoms with E-state index in [1.165, 1.54) is 0 Å². The van der Waals surface area contributed by atoms with Crippen LogP contribution in [-0.4, -0.2) is 26.5 Å². The molecule has 0 fully saturated rings. The molecular weight excluding hydrogens is 226 g/mol. The molecule has 0 aliphatic carbocycles. The predicted molar refractivity (Wildman–Crippen MR) is 74.7 cm³/mol. The maximum absolute atomic E-state index is 12.1. The lowest BCUT2D eigenvalue weighted by Gasteiger charge is -2.24. The van der Waals surface area contributed by atoms with Gasteiger partial charge in [0.05, 0.1) is 19.2 Å². The van der Waals surface area contributed by atoms with Crippen molar-refractivity contribution in [3.63, 3.8) is 0 Å². The van der Waals surface area contributed by atoms with E-state index in [1.54, 1.807) is 14.2 Å². The zero-order chi connectivity index (χ0) is 13.9. The first-order chi connectivity index (χ1) is 8.31. The minimum absolute atomic E-state index is 0.0496. The molecule has 0 heterocycles. The summed E-state index contributed by atoms with van der Waals surface area (Å²) in [5.41, 5.74) is 2.77. The van der Waals surface area contributed by atoms with Crippen molar-refractivity contribution in [1.82, 2.24) is 5.32 Å². The van der Waals surface area contributed by atoms with Gasteiger partial charge in [0.1, 0.15) is 5.75 Å². The largest absolute Gasteiger partial charge is 0.496 e. The van der Waals surface area contributed by atoms with E-state index in [0.29, 0.717) is 17.9 Å². The number of Topliss-reactive ketones (excluding diaryl/α,β-unsaturated/α-hetero) is 1. The Labute approximate surface area is 110 Å². The van der Waals surface area contributed by atoms with Crippen LogP contribution in [0.1, 0.15) is 42.3 Å². The average molecular weight is 249 g/mol. The quantitative estimate of drug-likeness (QED) is 0.834. The van der Waals surface area contributed by atoms with Gasteiger partial charge in [0.15, 0.2) is 5.78 Å². The number of rotatable bonds is 4. The number of ether oxygens (including phenoxy) is 1. The van der Waals surface area contributed by atoms with Crippen LogP contribution in [-0.2, 0) is 5.41 Å². The first-order valence-electron chi connectivity index (χ1n) is 6.18. The van der Waals surface area contributed by atoms with Crippen LogP contribution in [0.5, 0.6) is 5.75 Å². The third-order valence-electron chi connectivity index (χ3n) is 2.88. The van der Waals surface area contributed by atoms with Crippen LogP contribution in [0.25, 0.3) is 0 Å². The fraction of sp³-hybridized carbons (Fsp3) is 0.533. The Morgan fingerprint density at radius 1 is 1.33 bits per heavy atom. The van der Waals surface area contributed by atoms with E-state index in [2.05, 4.69) is 32.2 Å². The lowest BCUT2D eigenvalue weighted by molar-refractivity contribution is 0.0990. The fourth-order valence-electron chi connectivity index (χ4n) is 2.01. The molecule has 0 radical (unpaired) electrons. The summed E-state index contributed by atoms with van der Waals surface area (Å²) in [6, 6.07) is 3.99. The number of nitrogens with one attached hydrogen (secondary N) is 1. The molecule has 0 aliphatic heterocycles. The number of ketones is 1. The monoisotopic (exact) mass is 249 g/mol. The summed E-state index contributed by atoms with van der Waals surface area (Å²) in [4.78, 5) is 12.1. The molecule has 0 aliphatic rings. The summed E-state index contributed by atoms with van der Waals surface area (Å²) in [5.74, 6) is 0.761. The predicted octanol–water partition coefficient (Wildman–Crippen LogP) is 2.70. The van der Waals surface area contributed by atoms with Crippen molar-refractivity contribution in [3.8, 4) is 5.75 Å². The molecular formula is C15H23NO2. The summed E-state index contributed by atoms with van der Waals surface area (Å²) in [6.07, 6.45) is 0. The Morgan fingerprint density at radius 2 is 1.94 bits per heavy atom. The molecule has 18 heavy (non-hydrogen) atoms. The van der Waals surface area contributed by atoms with Gasteiger partial charge in [-0.25, -0.2) is 0 Å². The van der Waals surface area contributed by atoms with E-state index in [0.717, 1.165) is 11.1 Å². The number of aryl methyl sites for hydroxylation is 1. The summed E-state index contributed by atoms with van der Waals surface area (Å²) in [7, 11) is 3.39. The second-order valence-corrected chi connectivity index (χ2v) is 5.60. The Kier molecular flexibility index (Phi) is 4.52. The van der Waals surface area contributed by atoms with Gasteiger partial charge in [0, 0.05) is 5.56 Å². The lowest BCUT2D eigenvalue weighted by Crippen LogP contribution is -2.21. The van der Waals surface area contributed by atoms with Crippen molar-refractivity contribution in [2.75, 3.05) is 20.7 Å². The molecule has 0 saturated carbocycles. The smallest absolute Gasteiger partial charge is 0.180 e. The standard InChI is InChI=1S/C15H23NO2/c1-10-7-11(13(17)9-16-5)14(18-6)12(8-10)15(2,3)4/h7-8,16H,9H2,1-6H3. The number of benzene rings is 1. The van der Waals surface area contributed by atoms with E-state index >= 15 is 0 Å². The van der Waals surface area contributed by atoms with Gasteiger partial charge in [0.25, 0.3) is 0 Å². The first kappa shape index (κ1) is 14.7. The molecule has 0 aromatic heterocycles. The van der Waals surface area contributed by atoms with Gasteiger partial charge in [-0.15, -0.1) is 0 Å². The van der Waals surface area contributed by atoms with Crippen LogP contribution in [0.2, 0.25) is 0 Å². The van der Waals surface area contributed by atoms with Crippen molar-refractivity contribution < 1.29 is 9.53 Å². The SMILES string of the molecule is CNCC(=O)c1cc(C)cc(C(C)(C)C)c1OC. The van der Waals surface area contributed by atoms with E-state index in [4.69, 9.17) is 4.74 Å². The molecule has 0 amide bonds. The molecule has 1 N–H and O–H groups in total. The highest BCUT2D eigenvalue weighted by molar-refractivity contribution is 6.00. The van der Waals surface area contributed by atoms with Crippen molar-refractivity contribution in [2.45, 2.75) is 33.1 Å². The summed E-state index contributed by atoms with van der Waals surface area (Å²) in [6.45, 7) is 8.69. The minimum atomic E-state index is -0.0496. The number of methoxy groups -OCH3 is 1. The Balaban J connectivity index is 3.43. The number of hydrogen-bond acceptors (Lipinski definition) is 3. The Hall–Kier alpha value is -1.35. The zero-order valence-electron chi connectivity index (χ0n) is 12.2. The average Bonchev–Trinajstić information content (AvgIpc) is 2.27. The van der Waals surface area contributed by atoms with E-state index in [9.17, 15) is 4.79 Å². The summed E-state index contributed by atoms with van der Waals surface area (Å²) >= 11 is 0. The van der Waals surface area contributed by atoms with Crippen LogP contribution >= 0.6 is 0 Å². The molecule has 1 aromatic carbocycles. The maximum atomic E-state index is 12.1. The number of likely N-dealkylation sites (N-methyl/N-ethyl adjacent to an activating group) is 1. The Bertz CT molecular complexity index is 445. The zero-order valence-corrected chi connectivity index (χ0v) is 12.2. The third-order valence-corrected chi connectivity index (χ3v) is 2.88. The highest BCUT2D eigenvalue weighted by Crippen LogP contribution is 2.35. The van der Waals surface area contributed by atoms with Crippen molar-refractivity contribution in [3.05, 3.63) is 28.8 Å². The molecule has 0 unspecified atom stereocenters. The molecule has 3 heteroatoms. The van der Waals surface area contributed by atoms with Gasteiger partial charge in [0.2, 0.25) is 0 Å². The summed E-state index contributed by atoms with van der Waals surface area (Å²) in [5, 5.41) is 2.89. The first-order valence-corrected chi connectivity index (χ1v) is 6.18. The van der Waals surface area contributed by atoms with Crippen LogP contribution in [0.15, 0.2) is 12.1 Å². The highest BCUT2D eigenvalue weighted by Gasteiger charge is 2.24. The van der Waals surface area contributed by atoms with Gasteiger partial charge in [-0.2, -0.15) is 0 Å². The molecule has 1 aromatic rings. The second kappa shape index (κ2) is 5.53. The van der Waals surface area contributed by atoms with Gasteiger partial charge in [-0.3, -0.25) is 4.79 Å². The molecule has 0 atom stereocenters. The van der Waals surface area contributed by atoms with Gasteiger partial charge < -0.3 is 10.1 Å². The van der Waals surface area contributed by atoms with E-state index in [1.807, 2.05) is 13.0 Å². The summed E-state index contributed by atoms with van der Waals surface area (Å²) < 4.78 is 5.48. The molecule has 0 saturated heterocycles. The Morgan fingerprint density at radius 3 is 2.39 bits per heavy atom. The highest BCUT2D eigenvalue weighted by atomic mass is 16.5. The topological polar surface area (TPSA) is 38.3 Å². The van der Waals surface area contributed by atoms with Crippen LogP contribution in [0.3, 0.4) is 0 Å². The molecule has 0 spiro atoms. The van der Waals surface area contributed by atoms with Crippen molar-refractivity contribution >= 4 is 5.78 Å². The molecule has 3 nitrogen and oxygen atoms in total. The lowest BCUT2D eigenvalue weighted by atomic mass is 9.83. The second-order valence-electron chi connectivity index (χ2n) is 5.60. The fourth-order valence-corrected chi connectivity index (χ4v) is 2.01. The van der Waals surface area contributed by atoms with Crippen LogP contribution in [0, 0.1) is 6.92 Å². The molecule has 0 bridgehead atoms. The van der Waals surface area contributed by atoms with Crippen LogP contribution < -0.4 is 10.1 Å². The van der Waals surface area contributed by atoms with E-state index < -0.39 is 0 Å². The number of hydrogen-bond donors (Lipinski definition) is 1. The normalized spacial score (nSPS) is 11.4. The van der Waals surface area contributed by atoms with Gasteiger partial charge in [-0.1, -0.05) is 26.8 Å². The van der Waals surface area contributed by atoms with Crippen molar-refractivity contribution in [1.29, 1.82) is 0 Å².